The molecule has 0 atom stereocenters. The number of benzene rings is 2. The van der Waals surface area contributed by atoms with Crippen LogP contribution in [0.5, 0.6) is 0 Å². The number of Topliss-reactive ketones (excluding diaryl/α,β-unsaturated/α-hetero) is 1. The smallest absolute Gasteiger partial charge is 0.268 e. The number of nitrogens with zero attached hydrogens (tertiary/aromatic N) is 2. The van der Waals surface area contributed by atoms with Gasteiger partial charge in [-0.05, 0) is 36.4 Å². The van der Waals surface area contributed by atoms with Crippen molar-refractivity contribution in [2.45, 2.75) is 11.3 Å². The lowest BCUT2D eigenvalue weighted by atomic mass is 10.2. The normalized spacial score (nSPS) is 11.3. The average molecular weight is 342 g/mol. The molecule has 0 saturated carbocycles. The van der Waals surface area contributed by atoms with Crippen molar-refractivity contribution in [3.8, 4) is 6.07 Å². The number of carbonyl (C=O) groups excluding carboxylic acids is 1. The van der Waals surface area contributed by atoms with E-state index in [1.807, 2.05) is 0 Å². The lowest BCUT2D eigenvalue weighted by Gasteiger charge is -2.10. The van der Waals surface area contributed by atoms with Gasteiger partial charge in [0, 0.05) is 5.39 Å². The van der Waals surface area contributed by atoms with E-state index >= 15 is 0 Å². The first-order chi connectivity index (χ1) is 11.4. The number of carbonyl (C=O) groups is 1. The highest BCUT2D eigenvalue weighted by atomic mass is 32.2. The third kappa shape index (κ3) is 2.57. The second-order valence-electron chi connectivity index (χ2n) is 5.07. The number of hydrogen-bond acceptors (Lipinski definition) is 4. The Labute approximate surface area is 137 Å². The Morgan fingerprint density at radius 2 is 1.83 bits per heavy atom. The van der Waals surface area contributed by atoms with Crippen LogP contribution < -0.4 is 0 Å². The van der Waals surface area contributed by atoms with Gasteiger partial charge in [0.25, 0.3) is 10.0 Å². The average Bonchev–Trinajstić information content (AvgIpc) is 2.95. The van der Waals surface area contributed by atoms with Crippen molar-refractivity contribution < 1.29 is 17.6 Å². The van der Waals surface area contributed by atoms with Gasteiger partial charge in [-0.25, -0.2) is 16.8 Å². The van der Waals surface area contributed by atoms with E-state index in [1.165, 1.54) is 24.3 Å². The summed E-state index contributed by atoms with van der Waals surface area (Å²) in [5, 5.41) is 9.01. The molecule has 1 heterocycles. The van der Waals surface area contributed by atoms with Gasteiger partial charge in [-0.2, -0.15) is 5.26 Å². The van der Waals surface area contributed by atoms with Crippen LogP contribution in [0.1, 0.15) is 16.9 Å². The molecule has 5 nitrogen and oxygen atoms in total. The molecule has 0 unspecified atom stereocenters. The lowest BCUT2D eigenvalue weighted by molar-refractivity contribution is 0.0992. The molecule has 3 rings (SSSR count). The van der Waals surface area contributed by atoms with Gasteiger partial charge < -0.3 is 0 Å². The molecule has 0 bridgehead atoms. The van der Waals surface area contributed by atoms with E-state index < -0.39 is 28.0 Å². The van der Waals surface area contributed by atoms with Gasteiger partial charge in [0.2, 0.25) is 0 Å². The summed E-state index contributed by atoms with van der Waals surface area (Å²) in [6, 6.07) is 14.2. The van der Waals surface area contributed by atoms with E-state index in [-0.39, 0.29) is 21.5 Å². The van der Waals surface area contributed by atoms with Crippen LogP contribution in [0.3, 0.4) is 0 Å². The van der Waals surface area contributed by atoms with E-state index in [4.69, 9.17) is 5.26 Å². The zero-order valence-electron chi connectivity index (χ0n) is 12.3. The van der Waals surface area contributed by atoms with Crippen molar-refractivity contribution in [3.05, 3.63) is 66.1 Å². The Hall–Kier alpha value is -2.98. The number of ketones is 1. The van der Waals surface area contributed by atoms with Crippen LogP contribution >= 0.6 is 0 Å². The van der Waals surface area contributed by atoms with Crippen LogP contribution in [0.15, 0.2) is 59.5 Å². The third-order valence-electron chi connectivity index (χ3n) is 3.53. The van der Waals surface area contributed by atoms with Crippen molar-refractivity contribution in [2.24, 2.45) is 0 Å². The quantitative estimate of drug-likeness (QED) is 0.682. The molecule has 7 heteroatoms. The van der Waals surface area contributed by atoms with Gasteiger partial charge in [0.15, 0.2) is 5.78 Å². The minimum atomic E-state index is -4.07. The Morgan fingerprint density at radius 1 is 1.12 bits per heavy atom. The van der Waals surface area contributed by atoms with E-state index in [0.717, 1.165) is 16.1 Å². The molecule has 0 spiro atoms. The monoisotopic (exact) mass is 342 g/mol. The van der Waals surface area contributed by atoms with Crippen LogP contribution in [-0.2, 0) is 10.0 Å². The third-order valence-corrected chi connectivity index (χ3v) is 5.27. The molecule has 3 aromatic rings. The molecule has 24 heavy (non-hydrogen) atoms. The second kappa shape index (κ2) is 5.91. The molecule has 0 aliphatic rings. The number of hydrogen-bond donors (Lipinski definition) is 0. The fourth-order valence-corrected chi connectivity index (χ4v) is 4.03. The van der Waals surface area contributed by atoms with Crippen molar-refractivity contribution in [2.75, 3.05) is 0 Å². The zero-order valence-corrected chi connectivity index (χ0v) is 13.1. The van der Waals surface area contributed by atoms with Crippen molar-refractivity contribution in [3.63, 3.8) is 0 Å². The fraction of sp³-hybridized carbons (Fsp3) is 0.0588. The minimum absolute atomic E-state index is 0.00201. The first-order valence-corrected chi connectivity index (χ1v) is 8.41. The SMILES string of the molecule is N#CCC(=O)c1cc2cc(F)ccc2n1S(=O)(=O)c1ccccc1. The number of aromatic nitrogens is 1. The van der Waals surface area contributed by atoms with Gasteiger partial charge in [0.05, 0.1) is 16.5 Å². The fourth-order valence-electron chi connectivity index (χ4n) is 2.47. The summed E-state index contributed by atoms with van der Waals surface area (Å²) in [5.41, 5.74) is 0.0162. The summed E-state index contributed by atoms with van der Waals surface area (Å²) in [6.07, 6.45) is -0.469. The minimum Gasteiger partial charge on any atom is -0.291 e. The Kier molecular flexibility index (Phi) is 3.91. The molecule has 1 aromatic heterocycles. The van der Waals surface area contributed by atoms with Crippen LogP contribution in [0.2, 0.25) is 0 Å². The van der Waals surface area contributed by atoms with Crippen LogP contribution in [0, 0.1) is 17.1 Å². The number of rotatable bonds is 4. The maximum Gasteiger partial charge on any atom is 0.268 e. The van der Waals surface area contributed by atoms with Crippen molar-refractivity contribution in [1.29, 1.82) is 5.26 Å². The maximum absolute atomic E-state index is 13.5. The molecule has 0 amide bonds. The van der Waals surface area contributed by atoms with E-state index in [9.17, 15) is 17.6 Å². The predicted octanol–water partition coefficient (Wildman–Crippen LogP) is 3.11. The van der Waals surface area contributed by atoms with Gasteiger partial charge in [-0.3, -0.25) is 4.79 Å². The maximum atomic E-state index is 13.5. The van der Waals surface area contributed by atoms with E-state index in [2.05, 4.69) is 0 Å². The highest BCUT2D eigenvalue weighted by molar-refractivity contribution is 7.90. The number of halogens is 1. The Bertz CT molecular complexity index is 1080. The first-order valence-electron chi connectivity index (χ1n) is 6.97. The van der Waals surface area contributed by atoms with Crippen LogP contribution in [-0.4, -0.2) is 18.2 Å². The van der Waals surface area contributed by atoms with E-state index in [0.29, 0.717) is 0 Å². The lowest BCUT2D eigenvalue weighted by Crippen LogP contribution is -2.18. The summed E-state index contributed by atoms with van der Waals surface area (Å²) < 4.78 is 40.2. The molecule has 2 aromatic carbocycles. The van der Waals surface area contributed by atoms with Crippen LogP contribution in [0.4, 0.5) is 4.39 Å². The highest BCUT2D eigenvalue weighted by Gasteiger charge is 2.26. The van der Waals surface area contributed by atoms with Crippen molar-refractivity contribution in [1.82, 2.24) is 3.97 Å². The summed E-state index contributed by atoms with van der Waals surface area (Å²) in [4.78, 5) is 12.2. The Balaban J connectivity index is 2.35. The summed E-state index contributed by atoms with van der Waals surface area (Å²) in [5.74, 6) is -1.19. The Morgan fingerprint density at radius 3 is 2.50 bits per heavy atom. The summed E-state index contributed by atoms with van der Waals surface area (Å²) in [7, 11) is -4.07. The standard InChI is InChI=1S/C17H11FN2O3S/c18-13-6-7-15-12(10-13)11-16(17(21)8-9-19)20(15)24(22,23)14-4-2-1-3-5-14/h1-7,10-11H,8H2. The van der Waals surface area contributed by atoms with Gasteiger partial charge in [-0.15, -0.1) is 0 Å². The molecular formula is C17H11FN2O3S. The molecule has 0 saturated heterocycles. The number of nitriles is 1. The molecule has 0 aliphatic heterocycles. The number of fused-ring (bicyclic) bond motifs is 1. The molecule has 0 aliphatic carbocycles. The predicted molar refractivity (Wildman–Crippen MR) is 85.5 cm³/mol. The molecule has 120 valence electrons. The first kappa shape index (κ1) is 15.9. The van der Waals surface area contributed by atoms with Crippen LogP contribution in [0.25, 0.3) is 10.9 Å². The molecular weight excluding hydrogens is 331 g/mol. The largest absolute Gasteiger partial charge is 0.291 e. The topological polar surface area (TPSA) is 79.9 Å². The molecule has 0 fully saturated rings. The molecule has 0 radical (unpaired) electrons. The van der Waals surface area contributed by atoms with Gasteiger partial charge in [0.1, 0.15) is 17.9 Å². The van der Waals surface area contributed by atoms with Gasteiger partial charge >= 0.3 is 0 Å². The van der Waals surface area contributed by atoms with Gasteiger partial charge in [-0.1, -0.05) is 18.2 Å². The van der Waals surface area contributed by atoms with Crippen molar-refractivity contribution >= 4 is 26.7 Å². The highest BCUT2D eigenvalue weighted by Crippen LogP contribution is 2.27. The molecule has 0 N–H and O–H groups in total. The summed E-state index contributed by atoms with van der Waals surface area (Å²) >= 11 is 0. The zero-order chi connectivity index (χ0) is 17.3. The van der Waals surface area contributed by atoms with E-state index in [1.54, 1.807) is 24.3 Å². The summed E-state index contributed by atoms with van der Waals surface area (Å²) in [6.45, 7) is 0. The second-order valence-corrected chi connectivity index (χ2v) is 6.86.